The molecule has 0 unspecified atom stereocenters. The van der Waals surface area contributed by atoms with E-state index in [4.69, 9.17) is 21.8 Å². The minimum atomic E-state index is -0.818. The molecule has 0 atom stereocenters. The molecule has 0 bridgehead atoms. The van der Waals surface area contributed by atoms with Gasteiger partial charge >= 0.3 is 0 Å². The molecule has 1 amide bonds. The van der Waals surface area contributed by atoms with E-state index in [0.717, 1.165) is 29.8 Å². The second-order valence-electron chi connectivity index (χ2n) is 6.45. The summed E-state index contributed by atoms with van der Waals surface area (Å²) in [5.41, 5.74) is 6.60. The number of carbonyl (C=O) groups is 1. The number of fused-ring (bicyclic) bond motifs is 1. The molecule has 118 valence electrons. The molecule has 3 rings (SSSR count). The molecule has 1 aliphatic heterocycles. The zero-order valence-electron chi connectivity index (χ0n) is 12.8. The Kier molecular flexibility index (Phi) is 3.87. The first-order valence-corrected chi connectivity index (χ1v) is 7.86. The number of rotatable bonds is 2. The van der Waals surface area contributed by atoms with Crippen molar-refractivity contribution in [2.24, 2.45) is 5.73 Å². The van der Waals surface area contributed by atoms with Gasteiger partial charge in [-0.25, -0.2) is 4.98 Å². The van der Waals surface area contributed by atoms with E-state index in [0.29, 0.717) is 18.1 Å². The molecule has 0 aliphatic carbocycles. The van der Waals surface area contributed by atoms with E-state index in [2.05, 4.69) is 4.98 Å². The summed E-state index contributed by atoms with van der Waals surface area (Å²) >= 11 is 5.97. The summed E-state index contributed by atoms with van der Waals surface area (Å²) in [6, 6.07) is 5.44. The molecule has 0 spiro atoms. The minimum absolute atomic E-state index is 0.00435. The summed E-state index contributed by atoms with van der Waals surface area (Å²) in [5, 5.41) is 0.651. The van der Waals surface area contributed by atoms with Crippen LogP contribution in [0.3, 0.4) is 0 Å². The van der Waals surface area contributed by atoms with Gasteiger partial charge in [0, 0.05) is 24.0 Å². The van der Waals surface area contributed by atoms with E-state index < -0.39 is 5.54 Å². The molecule has 1 aromatic carbocycles. The van der Waals surface area contributed by atoms with Crippen molar-refractivity contribution in [3.05, 3.63) is 29.1 Å². The number of amides is 1. The topological polar surface area (TPSA) is 72.4 Å². The molecule has 6 heteroatoms. The number of oxazole rings is 1. The van der Waals surface area contributed by atoms with E-state index >= 15 is 0 Å². The molecular formula is C16H20ClN3O2. The number of piperidine rings is 1. The third kappa shape index (κ3) is 2.96. The van der Waals surface area contributed by atoms with Gasteiger partial charge in [-0.2, -0.15) is 0 Å². The molecule has 2 aromatic rings. The smallest absolute Gasteiger partial charge is 0.242 e. The van der Waals surface area contributed by atoms with Crippen molar-refractivity contribution in [2.45, 2.75) is 38.1 Å². The normalized spacial score (nSPS) is 17.2. The summed E-state index contributed by atoms with van der Waals surface area (Å²) in [6.45, 7) is 4.85. The first kappa shape index (κ1) is 15.3. The van der Waals surface area contributed by atoms with E-state index in [9.17, 15) is 4.79 Å². The summed E-state index contributed by atoms with van der Waals surface area (Å²) in [7, 11) is 0. The summed E-state index contributed by atoms with van der Waals surface area (Å²) < 4.78 is 5.83. The Morgan fingerprint density at radius 1 is 1.41 bits per heavy atom. The highest BCUT2D eigenvalue weighted by atomic mass is 35.5. The number of carbonyl (C=O) groups excluding carboxylic acids is 1. The zero-order valence-corrected chi connectivity index (χ0v) is 13.6. The van der Waals surface area contributed by atoms with E-state index in [1.54, 1.807) is 26.0 Å². The van der Waals surface area contributed by atoms with Crippen LogP contribution in [-0.2, 0) is 4.79 Å². The average molecular weight is 322 g/mol. The van der Waals surface area contributed by atoms with Crippen molar-refractivity contribution < 1.29 is 9.21 Å². The maximum absolute atomic E-state index is 12.2. The van der Waals surface area contributed by atoms with Gasteiger partial charge in [-0.3, -0.25) is 4.79 Å². The Morgan fingerprint density at radius 3 is 2.73 bits per heavy atom. The first-order chi connectivity index (χ1) is 10.3. The van der Waals surface area contributed by atoms with Crippen molar-refractivity contribution >= 4 is 28.6 Å². The van der Waals surface area contributed by atoms with Gasteiger partial charge in [0.05, 0.1) is 5.54 Å². The lowest BCUT2D eigenvalue weighted by atomic mass is 9.95. The highest BCUT2D eigenvalue weighted by Crippen LogP contribution is 2.31. The van der Waals surface area contributed by atoms with E-state index in [-0.39, 0.29) is 11.8 Å². The van der Waals surface area contributed by atoms with Crippen LogP contribution in [0.1, 0.15) is 38.5 Å². The summed E-state index contributed by atoms with van der Waals surface area (Å²) in [4.78, 5) is 18.6. The van der Waals surface area contributed by atoms with Crippen LogP contribution in [0.4, 0.5) is 0 Å². The summed E-state index contributed by atoms with van der Waals surface area (Å²) in [6.07, 6.45) is 1.67. The zero-order chi connectivity index (χ0) is 15.9. The minimum Gasteiger partial charge on any atom is -0.440 e. The lowest BCUT2D eigenvalue weighted by Gasteiger charge is -2.34. The molecule has 2 N–H and O–H groups in total. The Balaban J connectivity index is 1.71. The van der Waals surface area contributed by atoms with Gasteiger partial charge in [0.2, 0.25) is 5.91 Å². The fourth-order valence-corrected chi connectivity index (χ4v) is 3.00. The van der Waals surface area contributed by atoms with Gasteiger partial charge in [0.25, 0.3) is 0 Å². The van der Waals surface area contributed by atoms with Gasteiger partial charge in [0.15, 0.2) is 11.5 Å². The van der Waals surface area contributed by atoms with Crippen molar-refractivity contribution in [2.75, 3.05) is 13.1 Å². The third-order valence-corrected chi connectivity index (χ3v) is 4.28. The van der Waals surface area contributed by atoms with Crippen LogP contribution >= 0.6 is 11.6 Å². The molecule has 1 aliphatic rings. The van der Waals surface area contributed by atoms with Gasteiger partial charge in [0.1, 0.15) is 5.52 Å². The van der Waals surface area contributed by atoms with Gasteiger partial charge in [-0.1, -0.05) is 11.6 Å². The molecule has 5 nitrogen and oxygen atoms in total. The fraction of sp³-hybridized carbons (Fsp3) is 0.500. The second kappa shape index (κ2) is 5.56. The number of likely N-dealkylation sites (tertiary alicyclic amines) is 1. The van der Waals surface area contributed by atoms with E-state index in [1.807, 2.05) is 11.0 Å². The van der Waals surface area contributed by atoms with Crippen molar-refractivity contribution in [1.29, 1.82) is 0 Å². The lowest BCUT2D eigenvalue weighted by Crippen LogP contribution is -2.53. The fourth-order valence-electron chi connectivity index (χ4n) is 2.83. The third-order valence-electron chi connectivity index (χ3n) is 4.05. The van der Waals surface area contributed by atoms with Crippen molar-refractivity contribution in [3.8, 4) is 0 Å². The second-order valence-corrected chi connectivity index (χ2v) is 6.89. The van der Waals surface area contributed by atoms with Gasteiger partial charge in [-0.15, -0.1) is 0 Å². The van der Waals surface area contributed by atoms with Gasteiger partial charge < -0.3 is 15.1 Å². The van der Waals surface area contributed by atoms with Crippen molar-refractivity contribution in [1.82, 2.24) is 9.88 Å². The van der Waals surface area contributed by atoms with E-state index in [1.165, 1.54) is 0 Å². The largest absolute Gasteiger partial charge is 0.440 e. The molecule has 1 aromatic heterocycles. The molecular weight excluding hydrogens is 302 g/mol. The van der Waals surface area contributed by atoms with Crippen molar-refractivity contribution in [3.63, 3.8) is 0 Å². The quantitative estimate of drug-likeness (QED) is 0.923. The van der Waals surface area contributed by atoms with Crippen LogP contribution in [0.15, 0.2) is 22.6 Å². The Bertz CT molecular complexity index is 697. The van der Waals surface area contributed by atoms with Crippen LogP contribution in [0.2, 0.25) is 5.02 Å². The molecule has 0 saturated carbocycles. The molecule has 1 fully saturated rings. The van der Waals surface area contributed by atoms with Crippen LogP contribution in [0.25, 0.3) is 11.1 Å². The Hall–Kier alpha value is -1.59. The first-order valence-electron chi connectivity index (χ1n) is 7.49. The number of nitrogens with zero attached hydrogens (tertiary/aromatic N) is 2. The van der Waals surface area contributed by atoms with Crippen LogP contribution < -0.4 is 5.73 Å². The number of hydrogen-bond acceptors (Lipinski definition) is 4. The number of hydrogen-bond donors (Lipinski definition) is 1. The maximum Gasteiger partial charge on any atom is 0.242 e. The predicted octanol–water partition coefficient (Wildman–Crippen LogP) is 2.92. The number of nitrogens with two attached hydrogens (primary N) is 1. The Morgan fingerprint density at radius 2 is 2.09 bits per heavy atom. The maximum atomic E-state index is 12.2. The van der Waals surface area contributed by atoms with Gasteiger partial charge in [-0.05, 0) is 44.9 Å². The molecule has 2 heterocycles. The number of halogens is 1. The molecule has 22 heavy (non-hydrogen) atoms. The average Bonchev–Trinajstić information content (AvgIpc) is 2.88. The number of aromatic nitrogens is 1. The highest BCUT2D eigenvalue weighted by Gasteiger charge is 2.32. The van der Waals surface area contributed by atoms with Crippen LogP contribution in [-0.4, -0.2) is 34.4 Å². The standard InChI is InChI=1S/C16H20ClN3O2/c1-16(2,18)15(21)20-7-5-10(6-8-20)14-19-12-9-11(17)3-4-13(12)22-14/h3-4,9-10H,5-8,18H2,1-2H3. The lowest BCUT2D eigenvalue weighted by molar-refractivity contribution is -0.136. The SMILES string of the molecule is CC(C)(N)C(=O)N1CCC(c2nc3cc(Cl)ccc3o2)CC1. The Labute approximate surface area is 134 Å². The predicted molar refractivity (Wildman–Crippen MR) is 85.8 cm³/mol. The molecule has 0 radical (unpaired) electrons. The molecule has 1 saturated heterocycles. The highest BCUT2D eigenvalue weighted by molar-refractivity contribution is 6.31. The van der Waals surface area contributed by atoms with Crippen LogP contribution in [0.5, 0.6) is 0 Å². The number of benzene rings is 1. The summed E-state index contributed by atoms with van der Waals surface area (Å²) in [5.74, 6) is 0.961. The van der Waals surface area contributed by atoms with Crippen LogP contribution in [0, 0.1) is 0 Å². The monoisotopic (exact) mass is 321 g/mol.